The molecule has 0 aliphatic carbocycles. The van der Waals surface area contributed by atoms with Crippen LogP contribution in [0.15, 0.2) is 42.5 Å². The largest absolute Gasteiger partial charge is 0.497 e. The second-order valence-corrected chi connectivity index (χ2v) is 5.77. The topological polar surface area (TPSA) is 76.7 Å². The van der Waals surface area contributed by atoms with E-state index in [0.29, 0.717) is 22.9 Å². The van der Waals surface area contributed by atoms with E-state index in [2.05, 4.69) is 17.6 Å². The molecule has 0 unspecified atom stereocenters. The minimum absolute atomic E-state index is 0.363. The van der Waals surface area contributed by atoms with Crippen LogP contribution in [0.2, 0.25) is 0 Å². The van der Waals surface area contributed by atoms with Gasteiger partial charge in [0, 0.05) is 11.8 Å². The maximum absolute atomic E-state index is 12.2. The van der Waals surface area contributed by atoms with E-state index < -0.39 is 11.8 Å². The number of unbranched alkanes of at least 4 members (excludes halogenated alkanes) is 1. The van der Waals surface area contributed by atoms with Gasteiger partial charge in [0.2, 0.25) is 0 Å². The summed E-state index contributed by atoms with van der Waals surface area (Å²) >= 11 is 0. The maximum atomic E-state index is 12.2. The molecule has 0 aliphatic rings. The van der Waals surface area contributed by atoms with Crippen molar-refractivity contribution >= 4 is 23.2 Å². The smallest absolute Gasteiger partial charge is 0.314 e. The molecule has 2 N–H and O–H groups in total. The number of anilines is 2. The van der Waals surface area contributed by atoms with Gasteiger partial charge >= 0.3 is 11.8 Å². The van der Waals surface area contributed by atoms with Crippen LogP contribution in [0.1, 0.15) is 25.3 Å². The average Bonchev–Trinajstić information content (AvgIpc) is 2.67. The molecule has 6 nitrogen and oxygen atoms in total. The van der Waals surface area contributed by atoms with Crippen LogP contribution in [0.25, 0.3) is 0 Å². The molecule has 2 rings (SSSR count). The lowest BCUT2D eigenvalue weighted by atomic mass is 10.1. The van der Waals surface area contributed by atoms with Gasteiger partial charge in [0.05, 0.1) is 19.9 Å². The number of nitrogens with one attached hydrogen (secondary N) is 2. The molecule has 26 heavy (non-hydrogen) atoms. The van der Waals surface area contributed by atoms with E-state index >= 15 is 0 Å². The fourth-order valence-electron chi connectivity index (χ4n) is 2.41. The van der Waals surface area contributed by atoms with Crippen LogP contribution < -0.4 is 20.1 Å². The van der Waals surface area contributed by atoms with Gasteiger partial charge in [-0.3, -0.25) is 9.59 Å². The number of aryl methyl sites for hydroxylation is 1. The van der Waals surface area contributed by atoms with E-state index in [1.165, 1.54) is 19.8 Å². The number of amides is 2. The summed E-state index contributed by atoms with van der Waals surface area (Å²) < 4.78 is 10.3. The fraction of sp³-hybridized carbons (Fsp3) is 0.300. The van der Waals surface area contributed by atoms with Crippen molar-refractivity contribution in [3.8, 4) is 11.5 Å². The van der Waals surface area contributed by atoms with Crippen molar-refractivity contribution in [3.63, 3.8) is 0 Å². The van der Waals surface area contributed by atoms with Gasteiger partial charge in [0.1, 0.15) is 11.5 Å². The number of rotatable bonds is 7. The van der Waals surface area contributed by atoms with Crippen LogP contribution in [0, 0.1) is 0 Å². The summed E-state index contributed by atoms with van der Waals surface area (Å²) in [5, 5.41) is 5.13. The molecule has 0 heterocycles. The van der Waals surface area contributed by atoms with Crippen molar-refractivity contribution in [2.45, 2.75) is 26.2 Å². The van der Waals surface area contributed by atoms with Crippen LogP contribution in [-0.2, 0) is 16.0 Å². The van der Waals surface area contributed by atoms with E-state index in [1.807, 2.05) is 12.1 Å². The normalized spacial score (nSPS) is 10.1. The van der Waals surface area contributed by atoms with Gasteiger partial charge in [-0.2, -0.15) is 0 Å². The van der Waals surface area contributed by atoms with Gasteiger partial charge in [-0.25, -0.2) is 0 Å². The van der Waals surface area contributed by atoms with Crippen LogP contribution in [-0.4, -0.2) is 26.0 Å². The predicted molar refractivity (Wildman–Crippen MR) is 102 cm³/mol. The van der Waals surface area contributed by atoms with Gasteiger partial charge in [-0.1, -0.05) is 25.5 Å². The van der Waals surface area contributed by atoms with E-state index in [9.17, 15) is 9.59 Å². The van der Waals surface area contributed by atoms with Gasteiger partial charge in [0.15, 0.2) is 0 Å². The highest BCUT2D eigenvalue weighted by atomic mass is 16.5. The standard InChI is InChI=1S/C20H24N2O4/c1-4-5-6-14-7-9-15(10-8-14)21-19(23)20(24)22-17-13-16(25-2)11-12-18(17)26-3/h7-13H,4-6H2,1-3H3,(H,21,23)(H,22,24). The van der Waals surface area contributed by atoms with Crippen LogP contribution >= 0.6 is 0 Å². The van der Waals surface area contributed by atoms with Crippen molar-refractivity contribution in [3.05, 3.63) is 48.0 Å². The third-order valence-corrected chi connectivity index (χ3v) is 3.89. The fourth-order valence-corrected chi connectivity index (χ4v) is 2.41. The molecule has 2 amide bonds. The Morgan fingerprint density at radius 2 is 1.62 bits per heavy atom. The molecule has 0 saturated heterocycles. The van der Waals surface area contributed by atoms with E-state index in [4.69, 9.17) is 9.47 Å². The molecule has 0 bridgehead atoms. The molecule has 0 atom stereocenters. The van der Waals surface area contributed by atoms with Crippen LogP contribution in [0.3, 0.4) is 0 Å². The van der Waals surface area contributed by atoms with Crippen molar-refractivity contribution in [1.82, 2.24) is 0 Å². The monoisotopic (exact) mass is 356 g/mol. The second-order valence-electron chi connectivity index (χ2n) is 5.77. The molecule has 0 aromatic heterocycles. The minimum atomic E-state index is -0.786. The highest BCUT2D eigenvalue weighted by Gasteiger charge is 2.16. The SMILES string of the molecule is CCCCc1ccc(NC(=O)C(=O)Nc2cc(OC)ccc2OC)cc1. The van der Waals surface area contributed by atoms with Crippen molar-refractivity contribution in [2.75, 3.05) is 24.9 Å². The third kappa shape index (κ3) is 5.24. The Labute approximate surface area is 153 Å². The average molecular weight is 356 g/mol. The number of ether oxygens (including phenoxy) is 2. The Hall–Kier alpha value is -3.02. The molecule has 0 saturated carbocycles. The Morgan fingerprint density at radius 1 is 0.923 bits per heavy atom. The number of hydrogen-bond donors (Lipinski definition) is 2. The molecule has 2 aromatic rings. The lowest BCUT2D eigenvalue weighted by molar-refractivity contribution is -0.133. The van der Waals surface area contributed by atoms with E-state index in [1.54, 1.807) is 30.3 Å². The Morgan fingerprint density at radius 3 is 2.23 bits per heavy atom. The lowest BCUT2D eigenvalue weighted by Crippen LogP contribution is -2.29. The number of carbonyl (C=O) groups is 2. The highest BCUT2D eigenvalue weighted by Crippen LogP contribution is 2.28. The molecule has 6 heteroatoms. The number of benzene rings is 2. The van der Waals surface area contributed by atoms with Gasteiger partial charge in [-0.05, 0) is 42.7 Å². The van der Waals surface area contributed by atoms with Crippen LogP contribution in [0.5, 0.6) is 11.5 Å². The molecule has 0 radical (unpaired) electrons. The van der Waals surface area contributed by atoms with Gasteiger partial charge in [0.25, 0.3) is 0 Å². The minimum Gasteiger partial charge on any atom is -0.497 e. The summed E-state index contributed by atoms with van der Waals surface area (Å²) in [6, 6.07) is 12.4. The highest BCUT2D eigenvalue weighted by molar-refractivity contribution is 6.43. The van der Waals surface area contributed by atoms with Crippen LogP contribution in [0.4, 0.5) is 11.4 Å². The first-order valence-corrected chi connectivity index (χ1v) is 8.50. The zero-order valence-electron chi connectivity index (χ0n) is 15.3. The van der Waals surface area contributed by atoms with Gasteiger partial charge < -0.3 is 20.1 Å². The Balaban J connectivity index is 2.00. The maximum Gasteiger partial charge on any atom is 0.314 e. The zero-order valence-corrected chi connectivity index (χ0v) is 15.3. The first kappa shape index (κ1) is 19.3. The summed E-state index contributed by atoms with van der Waals surface area (Å²) in [6.45, 7) is 2.14. The second kappa shape index (κ2) is 9.46. The molecular weight excluding hydrogens is 332 g/mol. The number of hydrogen-bond acceptors (Lipinski definition) is 4. The summed E-state index contributed by atoms with van der Waals surface area (Å²) in [6.07, 6.45) is 3.25. The summed E-state index contributed by atoms with van der Waals surface area (Å²) in [5.41, 5.74) is 2.14. The molecule has 0 spiro atoms. The lowest BCUT2D eigenvalue weighted by Gasteiger charge is -2.12. The van der Waals surface area contributed by atoms with Crippen molar-refractivity contribution < 1.29 is 19.1 Å². The Bertz CT molecular complexity index is 757. The molecule has 0 aliphatic heterocycles. The summed E-state index contributed by atoms with van der Waals surface area (Å²) in [7, 11) is 3.00. The van der Waals surface area contributed by atoms with Crippen molar-refractivity contribution in [2.24, 2.45) is 0 Å². The quantitative estimate of drug-likeness (QED) is 0.743. The molecule has 138 valence electrons. The first-order valence-electron chi connectivity index (χ1n) is 8.50. The zero-order chi connectivity index (χ0) is 18.9. The molecule has 2 aromatic carbocycles. The Kier molecular flexibility index (Phi) is 7.02. The summed E-state index contributed by atoms with van der Waals surface area (Å²) in [4.78, 5) is 24.3. The van der Waals surface area contributed by atoms with E-state index in [-0.39, 0.29) is 0 Å². The van der Waals surface area contributed by atoms with Crippen molar-refractivity contribution in [1.29, 1.82) is 0 Å². The summed E-state index contributed by atoms with van der Waals surface area (Å²) in [5.74, 6) is -0.556. The number of methoxy groups -OCH3 is 2. The molecular formula is C20H24N2O4. The third-order valence-electron chi connectivity index (χ3n) is 3.89. The first-order chi connectivity index (χ1) is 12.6. The molecule has 0 fully saturated rings. The predicted octanol–water partition coefficient (Wildman–Crippen LogP) is 3.62. The van der Waals surface area contributed by atoms with Gasteiger partial charge in [-0.15, -0.1) is 0 Å². The van der Waals surface area contributed by atoms with E-state index in [0.717, 1.165) is 19.3 Å². The number of carbonyl (C=O) groups excluding carboxylic acids is 2.